The molecule has 5 aromatic rings. The molecule has 7 nitrogen and oxygen atoms in total. The van der Waals surface area contributed by atoms with Gasteiger partial charge in [-0.15, -0.1) is 0 Å². The summed E-state index contributed by atoms with van der Waals surface area (Å²) in [6, 6.07) is 27.9. The van der Waals surface area contributed by atoms with Crippen molar-refractivity contribution in [2.75, 3.05) is 6.61 Å². The van der Waals surface area contributed by atoms with E-state index in [0.29, 0.717) is 25.5 Å². The Morgan fingerprint density at radius 3 is 2.57 bits per heavy atom. The molecular weight excluding hydrogens is 440 g/mol. The number of hydrogen-bond acceptors (Lipinski definition) is 5. The van der Waals surface area contributed by atoms with Gasteiger partial charge in [0.05, 0.1) is 30.1 Å². The van der Waals surface area contributed by atoms with Crippen LogP contribution in [0.3, 0.4) is 0 Å². The topological polar surface area (TPSA) is 70.7 Å². The number of aryl methyl sites for hydroxylation is 1. The Morgan fingerprint density at radius 1 is 0.914 bits per heavy atom. The number of aromatic nitrogens is 4. The average Bonchev–Trinajstić information content (AvgIpc) is 3.48. The number of pyridine rings is 1. The maximum absolute atomic E-state index is 12.1. The summed E-state index contributed by atoms with van der Waals surface area (Å²) in [4.78, 5) is 12.1. The summed E-state index contributed by atoms with van der Waals surface area (Å²) in [5.74, 6) is 0.380. The predicted octanol–water partition coefficient (Wildman–Crippen LogP) is 5.31. The molecule has 2 aromatic carbocycles. The van der Waals surface area contributed by atoms with Crippen LogP contribution >= 0.6 is 0 Å². The first-order chi connectivity index (χ1) is 17.1. The molecule has 0 saturated carbocycles. The van der Waals surface area contributed by atoms with Crippen LogP contribution in [0.2, 0.25) is 0 Å². The molecule has 176 valence electrons. The van der Waals surface area contributed by atoms with Gasteiger partial charge in [0, 0.05) is 11.3 Å². The summed E-state index contributed by atoms with van der Waals surface area (Å²) in [5, 5.41) is 9.30. The van der Waals surface area contributed by atoms with Crippen molar-refractivity contribution in [1.29, 1.82) is 0 Å². The fraction of sp³-hybridized carbons (Fsp3) is 0.179. The molecule has 0 amide bonds. The number of ether oxygens (including phenoxy) is 2. The van der Waals surface area contributed by atoms with Crippen molar-refractivity contribution in [2.24, 2.45) is 0 Å². The molecule has 0 aliphatic carbocycles. The zero-order valence-corrected chi connectivity index (χ0v) is 19.7. The molecule has 0 atom stereocenters. The standard InChI is InChI=1S/C28H26N4O3/c1-3-34-28(33)27-15-20(2)31(29-27)18-24-13-8-12-23-17-26(30-32(23)24)22-11-7-14-25(16-22)35-19-21-9-5-4-6-10-21/h4-17H,3,18-19H2,1-2H3. The number of carbonyl (C=O) groups excluding carboxylic acids is 1. The van der Waals surface area contributed by atoms with Gasteiger partial charge in [-0.05, 0) is 55.8 Å². The van der Waals surface area contributed by atoms with E-state index in [2.05, 4.69) is 11.2 Å². The highest BCUT2D eigenvalue weighted by molar-refractivity contribution is 5.87. The lowest BCUT2D eigenvalue weighted by molar-refractivity contribution is 0.0518. The Labute approximate surface area is 203 Å². The minimum atomic E-state index is -0.414. The Bertz CT molecular complexity index is 1470. The molecular formula is C28H26N4O3. The Morgan fingerprint density at radius 2 is 1.74 bits per heavy atom. The molecule has 35 heavy (non-hydrogen) atoms. The van der Waals surface area contributed by atoms with Crippen LogP contribution in [0.5, 0.6) is 5.75 Å². The molecule has 5 rings (SSSR count). The Hall–Kier alpha value is -4.39. The molecule has 0 spiro atoms. The van der Waals surface area contributed by atoms with Crippen molar-refractivity contribution >= 4 is 11.5 Å². The largest absolute Gasteiger partial charge is 0.489 e. The van der Waals surface area contributed by atoms with Gasteiger partial charge in [0.1, 0.15) is 12.4 Å². The molecule has 0 saturated heterocycles. The fourth-order valence-corrected chi connectivity index (χ4v) is 3.95. The molecule has 0 bridgehead atoms. The first kappa shape index (κ1) is 22.4. The lowest BCUT2D eigenvalue weighted by Crippen LogP contribution is -2.10. The normalized spacial score (nSPS) is 11.0. The van der Waals surface area contributed by atoms with Crippen LogP contribution in [-0.4, -0.2) is 32.0 Å². The van der Waals surface area contributed by atoms with E-state index >= 15 is 0 Å². The number of nitrogens with zero attached hydrogens (tertiary/aromatic N) is 4. The minimum Gasteiger partial charge on any atom is -0.489 e. The van der Waals surface area contributed by atoms with Crippen LogP contribution in [0, 0.1) is 6.92 Å². The average molecular weight is 467 g/mol. The zero-order valence-electron chi connectivity index (χ0n) is 19.7. The summed E-state index contributed by atoms with van der Waals surface area (Å²) >= 11 is 0. The van der Waals surface area contributed by atoms with Crippen molar-refractivity contribution < 1.29 is 14.3 Å². The lowest BCUT2D eigenvalue weighted by atomic mass is 10.1. The van der Waals surface area contributed by atoms with E-state index in [0.717, 1.165) is 39.5 Å². The van der Waals surface area contributed by atoms with Crippen LogP contribution in [0.4, 0.5) is 0 Å². The van der Waals surface area contributed by atoms with E-state index in [1.165, 1.54) is 0 Å². The summed E-state index contributed by atoms with van der Waals surface area (Å²) in [5.41, 5.74) is 6.06. The minimum absolute atomic E-state index is 0.310. The quantitative estimate of drug-likeness (QED) is 0.290. The second-order valence-corrected chi connectivity index (χ2v) is 8.23. The lowest BCUT2D eigenvalue weighted by Gasteiger charge is -2.08. The van der Waals surface area contributed by atoms with Crippen molar-refractivity contribution in [3.8, 4) is 17.0 Å². The SMILES string of the molecule is CCOC(=O)c1cc(C)n(Cc2cccc3cc(-c4cccc(OCc5ccccc5)c4)nn23)n1. The van der Waals surface area contributed by atoms with Gasteiger partial charge in [0.2, 0.25) is 0 Å². The smallest absolute Gasteiger partial charge is 0.358 e. The third kappa shape index (κ3) is 4.94. The van der Waals surface area contributed by atoms with Crippen molar-refractivity contribution in [1.82, 2.24) is 19.4 Å². The van der Waals surface area contributed by atoms with E-state index < -0.39 is 5.97 Å². The number of rotatable bonds is 8. The summed E-state index contributed by atoms with van der Waals surface area (Å²) in [6.45, 7) is 5.01. The highest BCUT2D eigenvalue weighted by atomic mass is 16.5. The number of benzene rings is 2. The van der Waals surface area contributed by atoms with Crippen LogP contribution in [0.1, 0.15) is 34.4 Å². The van der Waals surface area contributed by atoms with Crippen LogP contribution in [0.25, 0.3) is 16.8 Å². The van der Waals surface area contributed by atoms with Crippen LogP contribution in [0.15, 0.2) is 84.9 Å². The van der Waals surface area contributed by atoms with E-state index in [4.69, 9.17) is 14.6 Å². The van der Waals surface area contributed by atoms with Gasteiger partial charge in [-0.1, -0.05) is 48.5 Å². The van der Waals surface area contributed by atoms with Crippen molar-refractivity contribution in [3.05, 3.63) is 108 Å². The molecule has 3 aromatic heterocycles. The van der Waals surface area contributed by atoms with E-state index in [1.807, 2.05) is 84.2 Å². The zero-order chi connectivity index (χ0) is 24.2. The van der Waals surface area contributed by atoms with Gasteiger partial charge in [0.25, 0.3) is 0 Å². The highest BCUT2D eigenvalue weighted by Crippen LogP contribution is 2.25. The summed E-state index contributed by atoms with van der Waals surface area (Å²) in [6.07, 6.45) is 0. The monoisotopic (exact) mass is 466 g/mol. The molecule has 0 N–H and O–H groups in total. The molecule has 0 unspecified atom stereocenters. The fourth-order valence-electron chi connectivity index (χ4n) is 3.95. The number of hydrogen-bond donors (Lipinski definition) is 0. The van der Waals surface area contributed by atoms with Gasteiger partial charge in [-0.3, -0.25) is 4.68 Å². The Balaban J connectivity index is 1.39. The number of fused-ring (bicyclic) bond motifs is 1. The molecule has 0 fully saturated rings. The van der Waals surface area contributed by atoms with Crippen molar-refractivity contribution in [3.63, 3.8) is 0 Å². The van der Waals surface area contributed by atoms with E-state index in [-0.39, 0.29) is 0 Å². The predicted molar refractivity (Wildman–Crippen MR) is 133 cm³/mol. The summed E-state index contributed by atoms with van der Waals surface area (Å²) in [7, 11) is 0. The molecule has 3 heterocycles. The van der Waals surface area contributed by atoms with Gasteiger partial charge in [0.15, 0.2) is 5.69 Å². The number of esters is 1. The number of carbonyl (C=O) groups is 1. The first-order valence-electron chi connectivity index (χ1n) is 11.6. The van der Waals surface area contributed by atoms with Gasteiger partial charge < -0.3 is 9.47 Å². The van der Waals surface area contributed by atoms with E-state index in [1.54, 1.807) is 17.7 Å². The highest BCUT2D eigenvalue weighted by Gasteiger charge is 2.15. The maximum atomic E-state index is 12.1. The summed E-state index contributed by atoms with van der Waals surface area (Å²) < 4.78 is 14.8. The molecule has 0 aliphatic heterocycles. The second kappa shape index (κ2) is 9.85. The molecule has 0 radical (unpaired) electrons. The van der Waals surface area contributed by atoms with Crippen LogP contribution in [-0.2, 0) is 17.9 Å². The third-order valence-corrected chi connectivity index (χ3v) is 5.72. The Kier molecular flexibility index (Phi) is 6.30. The van der Waals surface area contributed by atoms with Gasteiger partial charge >= 0.3 is 5.97 Å². The van der Waals surface area contributed by atoms with Crippen molar-refractivity contribution in [2.45, 2.75) is 27.0 Å². The molecule has 7 heteroatoms. The molecule has 0 aliphatic rings. The van der Waals surface area contributed by atoms with E-state index in [9.17, 15) is 4.79 Å². The van der Waals surface area contributed by atoms with Crippen LogP contribution < -0.4 is 4.74 Å². The maximum Gasteiger partial charge on any atom is 0.358 e. The van der Waals surface area contributed by atoms with Gasteiger partial charge in [-0.2, -0.15) is 10.2 Å². The first-order valence-corrected chi connectivity index (χ1v) is 11.6. The van der Waals surface area contributed by atoms with Gasteiger partial charge in [-0.25, -0.2) is 9.31 Å². The second-order valence-electron chi connectivity index (χ2n) is 8.23. The third-order valence-electron chi connectivity index (χ3n) is 5.72.